The molecule has 0 amide bonds. The number of hydrogen-bond acceptors (Lipinski definition) is 4. The molecule has 9 heteroatoms. The molecule has 24 heavy (non-hydrogen) atoms. The number of carbonyl (C=O) groups is 1. The standard InChI is InChI=1S/C15H17F5N2O2/c1-9-8-10(15(18,19)20)21-12(11(9)13(23)24-2)22-6-3-4-14(16,17)5-7-22/h8H,3-7H2,1-2H3. The highest BCUT2D eigenvalue weighted by molar-refractivity contribution is 5.96. The van der Waals surface area contributed by atoms with Gasteiger partial charge in [0.15, 0.2) is 0 Å². The third-order valence-corrected chi connectivity index (χ3v) is 3.90. The first-order valence-corrected chi connectivity index (χ1v) is 7.35. The molecule has 1 saturated heterocycles. The topological polar surface area (TPSA) is 42.4 Å². The van der Waals surface area contributed by atoms with Crippen molar-refractivity contribution < 1.29 is 31.5 Å². The van der Waals surface area contributed by atoms with Gasteiger partial charge in [0.05, 0.1) is 7.11 Å². The average molecular weight is 352 g/mol. The lowest BCUT2D eigenvalue weighted by atomic mass is 10.1. The van der Waals surface area contributed by atoms with Gasteiger partial charge in [-0.05, 0) is 25.0 Å². The second-order valence-corrected chi connectivity index (χ2v) is 5.71. The fourth-order valence-corrected chi connectivity index (χ4v) is 2.66. The molecule has 1 aromatic rings. The van der Waals surface area contributed by atoms with E-state index in [9.17, 15) is 26.7 Å². The van der Waals surface area contributed by atoms with Crippen LogP contribution in [0.3, 0.4) is 0 Å². The Balaban J connectivity index is 2.52. The van der Waals surface area contributed by atoms with E-state index < -0.39 is 30.2 Å². The van der Waals surface area contributed by atoms with Gasteiger partial charge in [-0.15, -0.1) is 0 Å². The van der Waals surface area contributed by atoms with Crippen LogP contribution in [0.1, 0.15) is 40.9 Å². The van der Waals surface area contributed by atoms with Crippen LogP contribution in [0.15, 0.2) is 6.07 Å². The molecular formula is C15H17F5N2O2. The van der Waals surface area contributed by atoms with E-state index in [2.05, 4.69) is 9.72 Å². The number of pyridine rings is 1. The van der Waals surface area contributed by atoms with Crippen molar-refractivity contribution in [2.24, 2.45) is 0 Å². The third kappa shape index (κ3) is 3.93. The average Bonchev–Trinajstić information content (AvgIpc) is 2.65. The maximum Gasteiger partial charge on any atom is 0.433 e. The SMILES string of the molecule is COC(=O)c1c(C)cc(C(F)(F)F)nc1N1CCCC(F)(F)CC1. The minimum absolute atomic E-state index is 0.0372. The van der Waals surface area contributed by atoms with Crippen LogP contribution in [0.2, 0.25) is 0 Å². The summed E-state index contributed by atoms with van der Waals surface area (Å²) in [5.41, 5.74) is -1.26. The number of rotatable bonds is 2. The summed E-state index contributed by atoms with van der Waals surface area (Å²) in [4.78, 5) is 16.8. The zero-order chi connectivity index (χ0) is 18.1. The summed E-state index contributed by atoms with van der Waals surface area (Å²) in [5, 5.41) is 0. The largest absolute Gasteiger partial charge is 0.465 e. The lowest BCUT2D eigenvalue weighted by Gasteiger charge is -2.25. The Morgan fingerprint density at radius 3 is 2.54 bits per heavy atom. The molecule has 2 heterocycles. The van der Waals surface area contributed by atoms with E-state index in [1.54, 1.807) is 0 Å². The predicted molar refractivity (Wildman–Crippen MR) is 76.3 cm³/mol. The minimum Gasteiger partial charge on any atom is -0.465 e. The van der Waals surface area contributed by atoms with Crippen LogP contribution in [-0.4, -0.2) is 37.1 Å². The van der Waals surface area contributed by atoms with Crippen molar-refractivity contribution in [1.29, 1.82) is 0 Å². The second kappa shape index (κ2) is 6.52. The minimum atomic E-state index is -4.70. The van der Waals surface area contributed by atoms with E-state index in [0.717, 1.165) is 13.2 Å². The van der Waals surface area contributed by atoms with Crippen molar-refractivity contribution >= 4 is 11.8 Å². The summed E-state index contributed by atoms with van der Waals surface area (Å²) in [7, 11) is 1.10. The monoisotopic (exact) mass is 352 g/mol. The molecule has 0 atom stereocenters. The summed E-state index contributed by atoms with van der Waals surface area (Å²) in [5.74, 6) is -3.98. The van der Waals surface area contributed by atoms with Gasteiger partial charge in [0.2, 0.25) is 5.92 Å². The molecule has 0 bridgehead atoms. The van der Waals surface area contributed by atoms with Gasteiger partial charge in [0.25, 0.3) is 0 Å². The molecule has 2 rings (SSSR count). The van der Waals surface area contributed by atoms with Crippen molar-refractivity contribution in [1.82, 2.24) is 4.98 Å². The number of methoxy groups -OCH3 is 1. The second-order valence-electron chi connectivity index (χ2n) is 5.71. The Bertz CT molecular complexity index is 631. The molecule has 0 N–H and O–H groups in total. The molecule has 1 fully saturated rings. The Morgan fingerprint density at radius 1 is 1.29 bits per heavy atom. The van der Waals surface area contributed by atoms with Gasteiger partial charge in [-0.25, -0.2) is 18.6 Å². The lowest BCUT2D eigenvalue weighted by molar-refractivity contribution is -0.141. The predicted octanol–water partition coefficient (Wildman–Crippen LogP) is 3.82. The van der Waals surface area contributed by atoms with E-state index in [1.807, 2.05) is 0 Å². The summed E-state index contributed by atoms with van der Waals surface area (Å²) < 4.78 is 70.7. The Labute approximate surface area is 135 Å². The van der Waals surface area contributed by atoms with Gasteiger partial charge in [0, 0.05) is 25.9 Å². The summed E-state index contributed by atoms with van der Waals surface area (Å²) >= 11 is 0. The number of carbonyl (C=O) groups excluding carboxylic acids is 1. The van der Waals surface area contributed by atoms with Gasteiger partial charge >= 0.3 is 12.1 Å². The highest BCUT2D eigenvalue weighted by Crippen LogP contribution is 2.35. The highest BCUT2D eigenvalue weighted by atomic mass is 19.4. The Hall–Kier alpha value is -1.93. The van der Waals surface area contributed by atoms with Crippen molar-refractivity contribution in [3.8, 4) is 0 Å². The van der Waals surface area contributed by atoms with E-state index in [1.165, 1.54) is 11.8 Å². The van der Waals surface area contributed by atoms with E-state index in [0.29, 0.717) is 0 Å². The van der Waals surface area contributed by atoms with Crippen molar-refractivity contribution in [3.63, 3.8) is 0 Å². The van der Waals surface area contributed by atoms with Crippen LogP contribution >= 0.6 is 0 Å². The quantitative estimate of drug-likeness (QED) is 0.599. The summed E-state index contributed by atoms with van der Waals surface area (Å²) in [6.07, 6.45) is -5.48. The number of hydrogen-bond donors (Lipinski definition) is 0. The zero-order valence-corrected chi connectivity index (χ0v) is 13.2. The van der Waals surface area contributed by atoms with Crippen molar-refractivity contribution in [2.45, 2.75) is 38.3 Å². The van der Waals surface area contributed by atoms with Gasteiger partial charge in [-0.3, -0.25) is 0 Å². The summed E-state index contributed by atoms with van der Waals surface area (Å²) in [6, 6.07) is 0.752. The molecule has 0 aromatic carbocycles. The first-order chi connectivity index (χ1) is 11.0. The van der Waals surface area contributed by atoms with Crippen molar-refractivity contribution in [2.75, 3.05) is 25.1 Å². The molecular weight excluding hydrogens is 335 g/mol. The Morgan fingerprint density at radius 2 is 1.96 bits per heavy atom. The van der Waals surface area contributed by atoms with Crippen LogP contribution in [0.5, 0.6) is 0 Å². The Kier molecular flexibility index (Phi) is 5.00. The lowest BCUT2D eigenvalue weighted by Crippen LogP contribution is -2.30. The number of esters is 1. The third-order valence-electron chi connectivity index (χ3n) is 3.90. The van der Waals surface area contributed by atoms with Gasteiger partial charge in [-0.2, -0.15) is 13.2 Å². The molecule has 0 radical (unpaired) electrons. The zero-order valence-electron chi connectivity index (χ0n) is 13.2. The number of alkyl halides is 5. The van der Waals surface area contributed by atoms with Crippen LogP contribution in [-0.2, 0) is 10.9 Å². The van der Waals surface area contributed by atoms with Gasteiger partial charge in [0.1, 0.15) is 17.1 Å². The summed E-state index contributed by atoms with van der Waals surface area (Å²) in [6.45, 7) is 1.23. The molecule has 0 saturated carbocycles. The maximum absolute atomic E-state index is 13.5. The van der Waals surface area contributed by atoms with Crippen LogP contribution in [0.4, 0.5) is 27.8 Å². The number of ether oxygens (including phenoxy) is 1. The molecule has 1 aliphatic heterocycles. The van der Waals surface area contributed by atoms with E-state index in [-0.39, 0.29) is 42.9 Å². The van der Waals surface area contributed by atoms with Crippen LogP contribution < -0.4 is 4.90 Å². The molecule has 0 aliphatic carbocycles. The number of halogens is 5. The number of anilines is 1. The first-order valence-electron chi connectivity index (χ1n) is 7.35. The molecule has 1 aliphatic rings. The molecule has 4 nitrogen and oxygen atoms in total. The van der Waals surface area contributed by atoms with Gasteiger partial charge in [-0.1, -0.05) is 0 Å². The molecule has 1 aromatic heterocycles. The molecule has 134 valence electrons. The number of aromatic nitrogens is 1. The van der Waals surface area contributed by atoms with Crippen LogP contribution in [0.25, 0.3) is 0 Å². The van der Waals surface area contributed by atoms with E-state index in [4.69, 9.17) is 0 Å². The smallest absolute Gasteiger partial charge is 0.433 e. The van der Waals surface area contributed by atoms with Crippen molar-refractivity contribution in [3.05, 3.63) is 22.9 Å². The maximum atomic E-state index is 13.5. The number of aryl methyl sites for hydroxylation is 1. The molecule has 0 spiro atoms. The van der Waals surface area contributed by atoms with Gasteiger partial charge < -0.3 is 9.64 Å². The van der Waals surface area contributed by atoms with E-state index >= 15 is 0 Å². The highest BCUT2D eigenvalue weighted by Gasteiger charge is 2.37. The fourth-order valence-electron chi connectivity index (χ4n) is 2.66. The first kappa shape index (κ1) is 18.4. The van der Waals surface area contributed by atoms with Crippen LogP contribution in [0, 0.1) is 6.92 Å². The number of nitrogens with zero attached hydrogens (tertiary/aromatic N) is 2. The fraction of sp³-hybridized carbons (Fsp3) is 0.600. The normalized spacial score (nSPS) is 18.2. The molecule has 0 unspecified atom stereocenters.